The summed E-state index contributed by atoms with van der Waals surface area (Å²) in [6.07, 6.45) is 0. The summed E-state index contributed by atoms with van der Waals surface area (Å²) < 4.78 is 22.7. The molecule has 86 valence electrons. The Morgan fingerprint density at radius 2 is 2.12 bits per heavy atom. The predicted molar refractivity (Wildman–Crippen MR) is 63.5 cm³/mol. The number of ether oxygens (including phenoxy) is 1. The molecular weight excluding hydrogens is 495 g/mol. The van der Waals surface area contributed by atoms with E-state index in [1.807, 2.05) is 0 Å². The molecule has 7 heteroatoms. The van der Waals surface area contributed by atoms with Crippen LogP contribution < -0.4 is 7.86 Å². The molecule has 1 rings (SSSR count). The van der Waals surface area contributed by atoms with Gasteiger partial charge in [-0.1, -0.05) is 0 Å². The minimum atomic E-state index is -3.87. The van der Waals surface area contributed by atoms with Gasteiger partial charge in [0.25, 0.3) is 0 Å². The van der Waals surface area contributed by atoms with Crippen LogP contribution in [-0.2, 0) is 10.2 Å². The Labute approximate surface area is 115 Å². The summed E-state index contributed by atoms with van der Waals surface area (Å²) in [7, 11) is 1.44. The third kappa shape index (κ3) is 3.49. The maximum atomic E-state index is 11.8. The third-order valence-electron chi connectivity index (χ3n) is 1.68. The molecular formula is C9H8BrClO4Pb. The fraction of sp³-hybridized carbons (Fsp3) is 0.222. The second-order valence-corrected chi connectivity index (χ2v) is 9.14. The van der Waals surface area contributed by atoms with Crippen LogP contribution in [0.5, 0.6) is 5.75 Å². The maximum absolute atomic E-state index is 11.8. The summed E-state index contributed by atoms with van der Waals surface area (Å²) in [5.74, 6) is -0.198. The molecule has 1 aromatic carbocycles. The third-order valence-corrected chi connectivity index (χ3v) is 8.48. The van der Waals surface area contributed by atoms with E-state index in [-0.39, 0.29) is 5.02 Å². The van der Waals surface area contributed by atoms with E-state index in [1.165, 1.54) is 14.0 Å². The van der Waals surface area contributed by atoms with E-state index in [2.05, 4.69) is 15.9 Å². The van der Waals surface area contributed by atoms with Crippen molar-refractivity contribution in [3.63, 3.8) is 0 Å². The fourth-order valence-corrected chi connectivity index (χ4v) is 6.46. The summed E-state index contributed by atoms with van der Waals surface area (Å²) in [6.45, 7) is 1.21. The van der Waals surface area contributed by atoms with E-state index in [0.29, 0.717) is 13.3 Å². The van der Waals surface area contributed by atoms with Gasteiger partial charge in [-0.2, -0.15) is 0 Å². The van der Waals surface area contributed by atoms with Crippen LogP contribution in [0, 0.1) is 0 Å². The first-order valence-corrected chi connectivity index (χ1v) is 10.5. The van der Waals surface area contributed by atoms with Crippen LogP contribution in [-0.4, -0.2) is 36.2 Å². The molecule has 0 aliphatic heterocycles. The number of hydrogen-bond donors (Lipinski definition) is 0. The van der Waals surface area contributed by atoms with Gasteiger partial charge in [-0.15, -0.1) is 0 Å². The first kappa shape index (κ1) is 14.0. The van der Waals surface area contributed by atoms with E-state index >= 15 is 0 Å². The summed E-state index contributed by atoms with van der Waals surface area (Å²) in [4.78, 5) is 10.7. The van der Waals surface area contributed by atoms with E-state index in [4.69, 9.17) is 19.0 Å². The van der Waals surface area contributed by atoms with Gasteiger partial charge in [0.2, 0.25) is 0 Å². The van der Waals surface area contributed by atoms with Crippen molar-refractivity contribution < 1.29 is 14.9 Å². The molecule has 0 saturated carbocycles. The molecule has 0 fully saturated rings. The van der Waals surface area contributed by atoms with Crippen LogP contribution in [0.4, 0.5) is 0 Å². The van der Waals surface area contributed by atoms with Crippen LogP contribution in [0.3, 0.4) is 0 Å². The van der Waals surface area contributed by atoms with Crippen molar-refractivity contribution in [1.29, 1.82) is 0 Å². The Bertz CT molecular complexity index is 449. The van der Waals surface area contributed by atoms with Gasteiger partial charge in [-0.3, -0.25) is 0 Å². The van der Waals surface area contributed by atoms with Crippen LogP contribution in [0.1, 0.15) is 6.92 Å². The SMILES string of the molecule is COc1cc(Br)cc(Cl)[c]1[Pb](=[O])[O]C(C)=O. The van der Waals surface area contributed by atoms with E-state index < -0.39 is 29.1 Å². The van der Waals surface area contributed by atoms with Gasteiger partial charge in [0.1, 0.15) is 0 Å². The Morgan fingerprint density at radius 3 is 2.62 bits per heavy atom. The second kappa shape index (κ2) is 6.06. The van der Waals surface area contributed by atoms with Crippen molar-refractivity contribution >= 4 is 59.8 Å². The molecule has 1 aromatic rings. The summed E-state index contributed by atoms with van der Waals surface area (Å²) >= 11 is 5.31. The zero-order chi connectivity index (χ0) is 12.3. The predicted octanol–water partition coefficient (Wildman–Crippen LogP) is 1.80. The van der Waals surface area contributed by atoms with Crippen LogP contribution in [0.25, 0.3) is 0 Å². The van der Waals surface area contributed by atoms with Gasteiger partial charge in [0.05, 0.1) is 0 Å². The van der Waals surface area contributed by atoms with Crippen molar-refractivity contribution in [3.8, 4) is 5.75 Å². The molecule has 0 heterocycles. The number of benzene rings is 1. The first-order valence-electron chi connectivity index (χ1n) is 4.21. The quantitative estimate of drug-likeness (QED) is 0.592. The number of rotatable bonds is 3. The monoisotopic (exact) mass is 502 g/mol. The summed E-state index contributed by atoms with van der Waals surface area (Å²) in [5.41, 5.74) is 0. The van der Waals surface area contributed by atoms with Gasteiger partial charge in [-0.25, -0.2) is 0 Å². The van der Waals surface area contributed by atoms with Crippen molar-refractivity contribution in [2.45, 2.75) is 6.92 Å². The van der Waals surface area contributed by atoms with Gasteiger partial charge in [0.15, 0.2) is 0 Å². The fourth-order valence-electron chi connectivity index (χ4n) is 1.09. The van der Waals surface area contributed by atoms with E-state index in [0.717, 1.165) is 0 Å². The van der Waals surface area contributed by atoms with Crippen molar-refractivity contribution in [2.24, 2.45) is 0 Å². The summed E-state index contributed by atoms with van der Waals surface area (Å²) in [5, 5.41) is 0.282. The second-order valence-electron chi connectivity index (χ2n) is 2.85. The number of hydrogen-bond acceptors (Lipinski definition) is 4. The number of methoxy groups -OCH3 is 1. The molecule has 0 radical (unpaired) electrons. The van der Waals surface area contributed by atoms with Gasteiger partial charge < -0.3 is 0 Å². The molecule has 4 nitrogen and oxygen atoms in total. The van der Waals surface area contributed by atoms with E-state index in [9.17, 15) is 7.48 Å². The Kier molecular flexibility index (Phi) is 5.32. The average molecular weight is 503 g/mol. The number of carbonyl (C=O) groups excluding carboxylic acids is 1. The van der Waals surface area contributed by atoms with Gasteiger partial charge >= 0.3 is 116 Å². The molecule has 0 spiro atoms. The molecule has 0 aromatic heterocycles. The van der Waals surface area contributed by atoms with Gasteiger partial charge in [-0.05, 0) is 0 Å². The molecule has 0 saturated heterocycles. The van der Waals surface area contributed by atoms with Crippen LogP contribution in [0.15, 0.2) is 16.6 Å². The van der Waals surface area contributed by atoms with Crippen molar-refractivity contribution in [2.75, 3.05) is 7.11 Å². The topological polar surface area (TPSA) is 52.6 Å². The van der Waals surface area contributed by atoms with Crippen LogP contribution in [0.2, 0.25) is 5.02 Å². The number of halogens is 2. The molecule has 0 unspecified atom stereocenters. The normalized spacial score (nSPS) is 9.75. The molecule has 0 atom stereocenters. The van der Waals surface area contributed by atoms with Gasteiger partial charge in [0, 0.05) is 0 Å². The van der Waals surface area contributed by atoms with E-state index in [1.54, 1.807) is 12.1 Å². The molecule has 0 aliphatic carbocycles. The molecule has 0 amide bonds. The van der Waals surface area contributed by atoms with Crippen LogP contribution >= 0.6 is 27.5 Å². The standard InChI is InChI=1S/C7H5BrClO.C2H4O2.O.Pb/c1-10-7-3-5(8)2-6(9)4-7;1-2(3)4;;/h2-3H,1H3;1H3,(H,3,4);;/q;;;+1/p-1. The number of carbonyl (C=O) groups is 1. The molecule has 0 aliphatic rings. The molecule has 0 bridgehead atoms. The first-order chi connectivity index (χ1) is 7.45. The zero-order valence-corrected chi connectivity index (χ0v) is 14.8. The van der Waals surface area contributed by atoms with Crippen molar-refractivity contribution in [3.05, 3.63) is 21.6 Å². The Hall–Kier alpha value is -0.0179. The summed E-state index contributed by atoms with van der Waals surface area (Å²) in [6, 6.07) is 3.22. The van der Waals surface area contributed by atoms with Crippen molar-refractivity contribution in [1.82, 2.24) is 0 Å². The Balaban J connectivity index is 3.21. The average Bonchev–Trinajstić information content (AvgIpc) is 2.14. The minimum absolute atomic E-state index is 0.282. The zero-order valence-electron chi connectivity index (χ0n) is 8.54. The Morgan fingerprint density at radius 1 is 1.50 bits per heavy atom. The molecule has 16 heavy (non-hydrogen) atoms. The molecule has 0 N–H and O–H groups in total.